The van der Waals surface area contributed by atoms with Crippen LogP contribution in [0.1, 0.15) is 15.4 Å². The molecule has 82 valence electrons. The van der Waals surface area contributed by atoms with E-state index in [4.69, 9.17) is 10.5 Å². The summed E-state index contributed by atoms with van der Waals surface area (Å²) >= 11 is 1.54. The Bertz CT molecular complexity index is 482. The number of thiophene rings is 1. The second kappa shape index (κ2) is 4.76. The molecule has 0 saturated carbocycles. The number of nitrogens with two attached hydrogens (primary N) is 1. The van der Waals surface area contributed by atoms with Crippen LogP contribution in [0, 0.1) is 0 Å². The summed E-state index contributed by atoms with van der Waals surface area (Å²) in [6, 6.07) is 8.69. The van der Waals surface area contributed by atoms with Crippen LogP contribution < -0.4 is 5.73 Å². The number of aromatic nitrogens is 1. The molecule has 0 unspecified atom stereocenters. The minimum absolute atomic E-state index is 0.233. The fourth-order valence-corrected chi connectivity index (χ4v) is 1.79. The lowest BCUT2D eigenvalue weighted by Gasteiger charge is -2.02. The topological polar surface area (TPSA) is 65.2 Å². The van der Waals surface area contributed by atoms with Crippen molar-refractivity contribution in [1.82, 2.24) is 4.98 Å². The molecule has 0 fully saturated rings. The number of nitrogens with zero attached hydrogens (tertiary/aromatic N) is 1. The number of esters is 1. The van der Waals surface area contributed by atoms with E-state index in [2.05, 4.69) is 4.98 Å². The Morgan fingerprint density at radius 3 is 2.94 bits per heavy atom. The van der Waals surface area contributed by atoms with Crippen LogP contribution in [0.3, 0.4) is 0 Å². The Labute approximate surface area is 96.7 Å². The van der Waals surface area contributed by atoms with Gasteiger partial charge in [0.1, 0.15) is 12.4 Å². The van der Waals surface area contributed by atoms with Crippen LogP contribution in [-0.2, 0) is 11.3 Å². The highest BCUT2D eigenvalue weighted by atomic mass is 32.1. The quantitative estimate of drug-likeness (QED) is 0.826. The predicted molar refractivity (Wildman–Crippen MR) is 62.1 cm³/mol. The summed E-state index contributed by atoms with van der Waals surface area (Å²) in [6.45, 7) is 0.271. The zero-order valence-electron chi connectivity index (χ0n) is 8.42. The number of nitrogen functional groups attached to an aromatic ring is 1. The highest BCUT2D eigenvalue weighted by molar-refractivity contribution is 7.09. The van der Waals surface area contributed by atoms with Crippen molar-refractivity contribution < 1.29 is 9.53 Å². The molecule has 4 nitrogen and oxygen atoms in total. The third-order valence-corrected chi connectivity index (χ3v) is 2.76. The number of pyridine rings is 1. The number of anilines is 1. The molecule has 0 aliphatic rings. The van der Waals surface area contributed by atoms with Crippen molar-refractivity contribution in [2.75, 3.05) is 5.73 Å². The summed E-state index contributed by atoms with van der Waals surface area (Å²) in [4.78, 5) is 16.4. The van der Waals surface area contributed by atoms with Crippen LogP contribution in [0.25, 0.3) is 0 Å². The van der Waals surface area contributed by atoms with Crippen molar-refractivity contribution in [3.63, 3.8) is 0 Å². The monoisotopic (exact) mass is 234 g/mol. The summed E-state index contributed by atoms with van der Waals surface area (Å²) < 4.78 is 5.08. The van der Waals surface area contributed by atoms with Gasteiger partial charge in [-0.25, -0.2) is 9.78 Å². The van der Waals surface area contributed by atoms with Crippen LogP contribution in [0.5, 0.6) is 0 Å². The zero-order valence-corrected chi connectivity index (χ0v) is 9.24. The highest BCUT2D eigenvalue weighted by Crippen LogP contribution is 2.11. The molecule has 2 aromatic heterocycles. The van der Waals surface area contributed by atoms with Gasteiger partial charge in [-0.3, -0.25) is 0 Å². The molecule has 16 heavy (non-hydrogen) atoms. The Balaban J connectivity index is 1.98. The number of carbonyl (C=O) groups excluding carboxylic acids is 1. The van der Waals surface area contributed by atoms with E-state index in [1.54, 1.807) is 29.5 Å². The second-order valence-corrected chi connectivity index (χ2v) is 4.14. The normalized spacial score (nSPS) is 10.0. The Kier molecular flexibility index (Phi) is 3.16. The van der Waals surface area contributed by atoms with Crippen LogP contribution in [0.2, 0.25) is 0 Å². The Hall–Kier alpha value is -1.88. The van der Waals surface area contributed by atoms with Gasteiger partial charge in [0.2, 0.25) is 0 Å². The highest BCUT2D eigenvalue weighted by Gasteiger charge is 2.09. The first-order chi connectivity index (χ1) is 7.75. The lowest BCUT2D eigenvalue weighted by molar-refractivity contribution is 0.0470. The maximum Gasteiger partial charge on any atom is 0.357 e. The lowest BCUT2D eigenvalue weighted by Crippen LogP contribution is -2.07. The molecule has 0 aromatic carbocycles. The molecule has 5 heteroatoms. The standard InChI is InChI=1S/C11H10N2O2S/c12-10-5-1-4-9(13-10)11(14)15-7-8-3-2-6-16-8/h1-6H,7H2,(H2,12,13). The van der Waals surface area contributed by atoms with Gasteiger partial charge in [-0.15, -0.1) is 11.3 Å². The molecule has 0 aliphatic carbocycles. The van der Waals surface area contributed by atoms with Crippen molar-refractivity contribution in [3.8, 4) is 0 Å². The Morgan fingerprint density at radius 1 is 1.38 bits per heavy atom. The maximum absolute atomic E-state index is 11.6. The molecule has 2 rings (SSSR count). The van der Waals surface area contributed by atoms with E-state index in [-0.39, 0.29) is 12.3 Å². The first-order valence-electron chi connectivity index (χ1n) is 4.68. The molecule has 0 saturated heterocycles. The van der Waals surface area contributed by atoms with Gasteiger partial charge < -0.3 is 10.5 Å². The van der Waals surface area contributed by atoms with Crippen molar-refractivity contribution >= 4 is 23.1 Å². The lowest BCUT2D eigenvalue weighted by atomic mass is 10.3. The minimum atomic E-state index is -0.458. The number of hydrogen-bond donors (Lipinski definition) is 1. The average Bonchev–Trinajstić information content (AvgIpc) is 2.78. The molecule has 0 bridgehead atoms. The molecule has 2 N–H and O–H groups in total. The molecule has 2 heterocycles. The third kappa shape index (κ3) is 2.58. The number of hydrogen-bond acceptors (Lipinski definition) is 5. The first-order valence-corrected chi connectivity index (χ1v) is 5.56. The van der Waals surface area contributed by atoms with E-state index in [9.17, 15) is 4.79 Å². The van der Waals surface area contributed by atoms with Gasteiger partial charge in [0.25, 0.3) is 0 Å². The fraction of sp³-hybridized carbons (Fsp3) is 0.0909. The summed E-state index contributed by atoms with van der Waals surface area (Å²) in [6.07, 6.45) is 0. The average molecular weight is 234 g/mol. The molecule has 0 radical (unpaired) electrons. The predicted octanol–water partition coefficient (Wildman–Crippen LogP) is 2.08. The van der Waals surface area contributed by atoms with Crippen molar-refractivity contribution in [3.05, 3.63) is 46.3 Å². The summed E-state index contributed by atoms with van der Waals surface area (Å²) in [5, 5.41) is 1.93. The summed E-state index contributed by atoms with van der Waals surface area (Å²) in [7, 11) is 0. The van der Waals surface area contributed by atoms with Gasteiger partial charge in [0, 0.05) is 4.88 Å². The molecule has 2 aromatic rings. The number of ether oxygens (including phenoxy) is 1. The van der Waals surface area contributed by atoms with E-state index in [0.29, 0.717) is 5.82 Å². The van der Waals surface area contributed by atoms with Crippen LogP contribution in [0.4, 0.5) is 5.82 Å². The second-order valence-electron chi connectivity index (χ2n) is 3.10. The number of rotatable bonds is 3. The Morgan fingerprint density at radius 2 is 2.25 bits per heavy atom. The van der Waals surface area contributed by atoms with Crippen molar-refractivity contribution in [1.29, 1.82) is 0 Å². The maximum atomic E-state index is 11.6. The van der Waals surface area contributed by atoms with Gasteiger partial charge in [-0.05, 0) is 23.6 Å². The zero-order chi connectivity index (χ0) is 11.4. The van der Waals surface area contributed by atoms with Crippen molar-refractivity contribution in [2.45, 2.75) is 6.61 Å². The molecule has 0 atom stereocenters. The smallest absolute Gasteiger partial charge is 0.357 e. The molecular formula is C11H10N2O2S. The van der Waals surface area contributed by atoms with Gasteiger partial charge in [-0.1, -0.05) is 12.1 Å². The first kappa shape index (κ1) is 10.6. The largest absolute Gasteiger partial charge is 0.455 e. The SMILES string of the molecule is Nc1cccc(C(=O)OCc2cccs2)n1. The third-order valence-electron chi connectivity index (χ3n) is 1.91. The van der Waals surface area contributed by atoms with Crippen LogP contribution >= 0.6 is 11.3 Å². The minimum Gasteiger partial charge on any atom is -0.455 e. The summed E-state index contributed by atoms with van der Waals surface area (Å²) in [5.41, 5.74) is 5.70. The van der Waals surface area contributed by atoms with E-state index in [1.165, 1.54) is 0 Å². The van der Waals surface area contributed by atoms with Crippen molar-refractivity contribution in [2.24, 2.45) is 0 Å². The van der Waals surface area contributed by atoms with Gasteiger partial charge in [0.05, 0.1) is 0 Å². The van der Waals surface area contributed by atoms with Gasteiger partial charge >= 0.3 is 5.97 Å². The molecule has 0 aliphatic heterocycles. The fourth-order valence-electron chi connectivity index (χ4n) is 1.17. The van der Waals surface area contributed by atoms with Gasteiger partial charge in [0.15, 0.2) is 5.69 Å². The van der Waals surface area contributed by atoms with Crippen LogP contribution in [0.15, 0.2) is 35.7 Å². The van der Waals surface area contributed by atoms with Crippen LogP contribution in [-0.4, -0.2) is 11.0 Å². The van der Waals surface area contributed by atoms with E-state index >= 15 is 0 Å². The van der Waals surface area contributed by atoms with E-state index in [0.717, 1.165) is 4.88 Å². The van der Waals surface area contributed by atoms with E-state index in [1.807, 2.05) is 17.5 Å². The van der Waals surface area contributed by atoms with E-state index < -0.39 is 5.97 Å². The molecular weight excluding hydrogens is 224 g/mol. The molecule has 0 amide bonds. The number of carbonyl (C=O) groups is 1. The van der Waals surface area contributed by atoms with Gasteiger partial charge in [-0.2, -0.15) is 0 Å². The molecule has 0 spiro atoms. The summed E-state index contributed by atoms with van der Waals surface area (Å²) in [5.74, 6) is -0.147.